The minimum Gasteiger partial charge on any atom is -0.394 e. The van der Waals surface area contributed by atoms with Gasteiger partial charge in [-0.05, 0) is 43.7 Å². The Kier molecular flexibility index (Phi) is 5.15. The lowest BCUT2D eigenvalue weighted by Gasteiger charge is -2.38. The van der Waals surface area contributed by atoms with Crippen LogP contribution in [0.3, 0.4) is 0 Å². The van der Waals surface area contributed by atoms with Gasteiger partial charge in [0.25, 0.3) is 0 Å². The Morgan fingerprint density at radius 1 is 1.30 bits per heavy atom. The fraction of sp³-hybridized carbons (Fsp3) is 0.562. The minimum absolute atomic E-state index is 0.0670. The Labute approximate surface area is 120 Å². The molecule has 0 aliphatic heterocycles. The lowest BCUT2D eigenvalue weighted by atomic mass is 9.77. The van der Waals surface area contributed by atoms with Gasteiger partial charge >= 0.3 is 0 Å². The molecule has 0 aromatic heterocycles. The van der Waals surface area contributed by atoms with Gasteiger partial charge in [0.2, 0.25) is 5.91 Å². The van der Waals surface area contributed by atoms with Crippen LogP contribution in [-0.4, -0.2) is 29.7 Å². The van der Waals surface area contributed by atoms with Gasteiger partial charge in [0.05, 0.1) is 13.2 Å². The lowest BCUT2D eigenvalue weighted by Crippen LogP contribution is -2.53. The van der Waals surface area contributed by atoms with E-state index in [-0.39, 0.29) is 24.6 Å². The molecular weight excluding hydrogens is 252 g/mol. The number of rotatable bonds is 5. The third kappa shape index (κ3) is 4.05. The quantitative estimate of drug-likeness (QED) is 0.772. The second kappa shape index (κ2) is 6.86. The molecule has 0 spiro atoms. The van der Waals surface area contributed by atoms with Gasteiger partial charge in [-0.1, -0.05) is 25.1 Å². The maximum atomic E-state index is 11.9. The number of aliphatic hydroxyl groups excluding tert-OH is 1. The maximum absolute atomic E-state index is 11.9. The van der Waals surface area contributed by atoms with E-state index in [2.05, 4.69) is 17.6 Å². The van der Waals surface area contributed by atoms with Gasteiger partial charge in [-0.3, -0.25) is 4.79 Å². The molecule has 1 saturated carbocycles. The molecule has 4 heteroatoms. The number of amides is 1. The van der Waals surface area contributed by atoms with Crippen LogP contribution in [0, 0.1) is 5.92 Å². The van der Waals surface area contributed by atoms with Crippen LogP contribution in [-0.2, 0) is 4.79 Å². The zero-order valence-corrected chi connectivity index (χ0v) is 12.1. The van der Waals surface area contributed by atoms with Gasteiger partial charge in [-0.15, -0.1) is 0 Å². The monoisotopic (exact) mass is 276 g/mol. The van der Waals surface area contributed by atoms with Crippen LogP contribution in [0.4, 0.5) is 5.69 Å². The van der Waals surface area contributed by atoms with Gasteiger partial charge in [0.15, 0.2) is 0 Å². The molecule has 0 unspecified atom stereocenters. The van der Waals surface area contributed by atoms with Crippen LogP contribution in [0.1, 0.15) is 32.6 Å². The predicted molar refractivity (Wildman–Crippen MR) is 80.5 cm³/mol. The molecule has 1 fully saturated rings. The third-order valence-corrected chi connectivity index (χ3v) is 4.22. The lowest BCUT2D eigenvalue weighted by molar-refractivity contribution is -0.116. The Morgan fingerprint density at radius 2 is 1.95 bits per heavy atom. The zero-order valence-electron chi connectivity index (χ0n) is 12.1. The Morgan fingerprint density at radius 3 is 2.55 bits per heavy atom. The Bertz CT molecular complexity index is 425. The average molecular weight is 276 g/mol. The van der Waals surface area contributed by atoms with E-state index in [0.717, 1.165) is 37.3 Å². The fourth-order valence-electron chi connectivity index (χ4n) is 2.70. The number of anilines is 1. The summed E-state index contributed by atoms with van der Waals surface area (Å²) in [5.74, 6) is 0.650. The smallest absolute Gasteiger partial charge is 0.238 e. The standard InChI is InChI=1S/C16H24N2O2/c1-13-7-9-16(12-19,10-8-13)17-11-15(20)18-14-5-3-2-4-6-14/h2-6,13,17,19H,7-12H2,1H3,(H,18,20). The van der Waals surface area contributed by atoms with Crippen molar-refractivity contribution in [1.82, 2.24) is 5.32 Å². The summed E-state index contributed by atoms with van der Waals surface area (Å²) in [7, 11) is 0. The van der Waals surface area contributed by atoms with Crippen molar-refractivity contribution in [2.75, 3.05) is 18.5 Å². The van der Waals surface area contributed by atoms with Crippen molar-refractivity contribution in [3.05, 3.63) is 30.3 Å². The molecule has 20 heavy (non-hydrogen) atoms. The summed E-state index contributed by atoms with van der Waals surface area (Å²) in [5.41, 5.74) is 0.523. The van der Waals surface area contributed by atoms with Crippen LogP contribution in [0.5, 0.6) is 0 Å². The molecule has 3 N–H and O–H groups in total. The highest BCUT2D eigenvalue weighted by Gasteiger charge is 2.33. The second-order valence-corrected chi connectivity index (χ2v) is 5.89. The number of carbonyl (C=O) groups excluding carboxylic acids is 1. The van der Waals surface area contributed by atoms with E-state index in [1.165, 1.54) is 0 Å². The van der Waals surface area contributed by atoms with E-state index >= 15 is 0 Å². The van der Waals surface area contributed by atoms with Gasteiger partial charge in [-0.2, -0.15) is 0 Å². The summed E-state index contributed by atoms with van der Waals surface area (Å²) < 4.78 is 0. The van der Waals surface area contributed by atoms with E-state index in [0.29, 0.717) is 0 Å². The first-order valence-electron chi connectivity index (χ1n) is 7.34. The molecule has 4 nitrogen and oxygen atoms in total. The molecule has 1 aromatic rings. The second-order valence-electron chi connectivity index (χ2n) is 5.89. The average Bonchev–Trinajstić information content (AvgIpc) is 2.48. The number of benzene rings is 1. The van der Waals surface area contributed by atoms with Crippen LogP contribution >= 0.6 is 0 Å². The van der Waals surface area contributed by atoms with E-state index in [1.807, 2.05) is 30.3 Å². The number of nitrogens with one attached hydrogen (secondary N) is 2. The fourth-order valence-corrected chi connectivity index (χ4v) is 2.70. The molecule has 0 heterocycles. The summed E-state index contributed by atoms with van der Waals surface area (Å²) in [5, 5.41) is 15.7. The summed E-state index contributed by atoms with van der Waals surface area (Å²) in [4.78, 5) is 11.9. The highest BCUT2D eigenvalue weighted by molar-refractivity contribution is 5.92. The number of hydrogen-bond acceptors (Lipinski definition) is 3. The predicted octanol–water partition coefficient (Wildman–Crippen LogP) is 2.16. The van der Waals surface area contributed by atoms with Crippen LogP contribution in [0.25, 0.3) is 0 Å². The summed E-state index contributed by atoms with van der Waals surface area (Å²) in [6.45, 7) is 2.57. The molecule has 1 amide bonds. The zero-order chi connectivity index (χ0) is 14.4. The molecule has 0 radical (unpaired) electrons. The van der Waals surface area contributed by atoms with E-state index in [4.69, 9.17) is 0 Å². The summed E-state index contributed by atoms with van der Waals surface area (Å²) in [6.07, 6.45) is 4.08. The molecule has 1 aliphatic rings. The molecule has 1 aromatic carbocycles. The summed E-state index contributed by atoms with van der Waals surface area (Å²) in [6, 6.07) is 9.42. The van der Waals surface area contributed by atoms with E-state index in [9.17, 15) is 9.90 Å². The molecule has 110 valence electrons. The van der Waals surface area contributed by atoms with Crippen molar-refractivity contribution in [1.29, 1.82) is 0 Å². The Balaban J connectivity index is 1.82. The normalized spacial score (nSPS) is 26.2. The van der Waals surface area contributed by atoms with Crippen molar-refractivity contribution in [3.8, 4) is 0 Å². The molecule has 0 atom stereocenters. The van der Waals surface area contributed by atoms with Crippen molar-refractivity contribution in [3.63, 3.8) is 0 Å². The van der Waals surface area contributed by atoms with Crippen molar-refractivity contribution in [2.24, 2.45) is 5.92 Å². The van der Waals surface area contributed by atoms with Gasteiger partial charge in [0, 0.05) is 11.2 Å². The van der Waals surface area contributed by atoms with E-state index in [1.54, 1.807) is 0 Å². The molecule has 1 aliphatic carbocycles. The summed E-state index contributed by atoms with van der Waals surface area (Å²) >= 11 is 0. The van der Waals surface area contributed by atoms with Crippen molar-refractivity contribution < 1.29 is 9.90 Å². The maximum Gasteiger partial charge on any atom is 0.238 e. The van der Waals surface area contributed by atoms with Crippen molar-refractivity contribution >= 4 is 11.6 Å². The largest absolute Gasteiger partial charge is 0.394 e. The highest BCUT2D eigenvalue weighted by atomic mass is 16.3. The van der Waals surface area contributed by atoms with Crippen LogP contribution in [0.2, 0.25) is 0 Å². The van der Waals surface area contributed by atoms with Crippen molar-refractivity contribution in [2.45, 2.75) is 38.1 Å². The van der Waals surface area contributed by atoms with Crippen LogP contribution < -0.4 is 10.6 Å². The Hall–Kier alpha value is -1.39. The van der Waals surface area contributed by atoms with Gasteiger partial charge in [0.1, 0.15) is 0 Å². The first-order chi connectivity index (χ1) is 9.63. The SMILES string of the molecule is CC1CCC(CO)(NCC(=O)Nc2ccccc2)CC1. The third-order valence-electron chi connectivity index (χ3n) is 4.22. The van der Waals surface area contributed by atoms with E-state index < -0.39 is 0 Å². The first-order valence-corrected chi connectivity index (χ1v) is 7.34. The highest BCUT2D eigenvalue weighted by Crippen LogP contribution is 2.31. The molecular formula is C16H24N2O2. The minimum atomic E-state index is -0.277. The van der Waals surface area contributed by atoms with Crippen LogP contribution in [0.15, 0.2) is 30.3 Å². The van der Waals surface area contributed by atoms with Gasteiger partial charge < -0.3 is 15.7 Å². The number of aliphatic hydroxyl groups is 1. The van der Waals surface area contributed by atoms with Gasteiger partial charge in [-0.25, -0.2) is 0 Å². The number of para-hydroxylation sites is 1. The number of hydrogen-bond donors (Lipinski definition) is 3. The molecule has 0 bridgehead atoms. The topological polar surface area (TPSA) is 61.4 Å². The number of carbonyl (C=O) groups is 1. The molecule has 0 saturated heterocycles. The first kappa shape index (κ1) is 15.0. The molecule has 2 rings (SSSR count).